The molecule has 0 aliphatic carbocycles. The van der Waals surface area contributed by atoms with Crippen molar-refractivity contribution in [1.82, 2.24) is 19.5 Å². The molecule has 196 valence electrons. The summed E-state index contributed by atoms with van der Waals surface area (Å²) in [4.78, 5) is 15.3. The molecule has 0 fully saturated rings. The summed E-state index contributed by atoms with van der Waals surface area (Å²) >= 11 is 0. The third-order valence-electron chi connectivity index (χ3n) is 8.06. The molecule has 3 aromatic heterocycles. The second-order valence-electron chi connectivity index (χ2n) is 10.5. The maximum Gasteiger partial charge on any atom is 0.238 e. The smallest absolute Gasteiger partial charge is 0.238 e. The minimum absolute atomic E-state index is 0.574. The maximum atomic E-state index is 6.21. The zero-order chi connectivity index (χ0) is 27.6. The first-order chi connectivity index (χ1) is 20.8. The van der Waals surface area contributed by atoms with E-state index in [9.17, 15) is 0 Å². The normalized spacial score (nSPS) is 11.8. The fraction of sp³-hybridized carbons (Fsp3) is 0. The fourth-order valence-electron chi connectivity index (χ4n) is 6.22. The number of hydrogen-bond donors (Lipinski definition) is 0. The van der Waals surface area contributed by atoms with E-state index in [4.69, 9.17) is 19.4 Å². The van der Waals surface area contributed by atoms with Crippen molar-refractivity contribution in [3.8, 4) is 28.7 Å². The number of benzene rings is 6. The molecule has 0 amide bonds. The predicted octanol–water partition coefficient (Wildman–Crippen LogP) is 9.36. The molecule has 0 saturated carbocycles. The Hall–Kier alpha value is -5.81. The van der Waals surface area contributed by atoms with Crippen molar-refractivity contribution < 1.29 is 4.42 Å². The molecule has 0 N–H and O–H groups in total. The van der Waals surface area contributed by atoms with Crippen molar-refractivity contribution >= 4 is 54.5 Å². The summed E-state index contributed by atoms with van der Waals surface area (Å²) in [5.41, 5.74) is 5.58. The van der Waals surface area contributed by atoms with Crippen LogP contribution in [0.4, 0.5) is 0 Å². The lowest BCUT2D eigenvalue weighted by Gasteiger charge is -2.11. The second-order valence-corrected chi connectivity index (χ2v) is 10.5. The molecular weight excluding hydrogens is 516 g/mol. The van der Waals surface area contributed by atoms with Gasteiger partial charge in [-0.25, -0.2) is 4.98 Å². The van der Waals surface area contributed by atoms with Crippen LogP contribution in [0.3, 0.4) is 0 Å². The predicted molar refractivity (Wildman–Crippen MR) is 170 cm³/mol. The van der Waals surface area contributed by atoms with Gasteiger partial charge >= 0.3 is 0 Å². The molecule has 0 aliphatic rings. The van der Waals surface area contributed by atoms with Crippen molar-refractivity contribution in [2.75, 3.05) is 0 Å². The first kappa shape index (κ1) is 22.9. The summed E-state index contributed by atoms with van der Waals surface area (Å²) in [6.45, 7) is 0. The molecule has 0 bridgehead atoms. The largest absolute Gasteiger partial charge is 0.456 e. The van der Waals surface area contributed by atoms with Gasteiger partial charge in [0.1, 0.15) is 11.2 Å². The molecule has 0 spiro atoms. The summed E-state index contributed by atoms with van der Waals surface area (Å²) in [5.74, 6) is 1.79. The molecule has 6 aromatic carbocycles. The molecular formula is C37H22N4O. The standard InChI is InChI=1S/C37H22N4O/c1-2-12-24(13-3-1)35-38-36(28-17-10-20-32-34(28)27-16-7-9-19-31(27)42-32)40-37(39-35)41-29-18-8-6-15-26(29)33-25-14-5-4-11-23(25)21-22-30(33)41/h1-22H. The van der Waals surface area contributed by atoms with E-state index in [1.165, 1.54) is 16.2 Å². The van der Waals surface area contributed by atoms with Gasteiger partial charge in [0, 0.05) is 32.7 Å². The van der Waals surface area contributed by atoms with Gasteiger partial charge in [-0.2, -0.15) is 9.97 Å². The molecule has 5 nitrogen and oxygen atoms in total. The van der Waals surface area contributed by atoms with Crippen LogP contribution in [-0.4, -0.2) is 19.5 Å². The van der Waals surface area contributed by atoms with Gasteiger partial charge in [-0.1, -0.05) is 109 Å². The highest BCUT2D eigenvalue weighted by molar-refractivity contribution is 6.21. The number of hydrogen-bond acceptors (Lipinski definition) is 4. The molecule has 42 heavy (non-hydrogen) atoms. The van der Waals surface area contributed by atoms with Crippen LogP contribution < -0.4 is 0 Å². The van der Waals surface area contributed by atoms with Crippen molar-refractivity contribution in [2.45, 2.75) is 0 Å². The average Bonchev–Trinajstić information content (AvgIpc) is 3.61. The van der Waals surface area contributed by atoms with Gasteiger partial charge in [0.25, 0.3) is 0 Å². The fourth-order valence-corrected chi connectivity index (χ4v) is 6.22. The molecule has 5 heteroatoms. The minimum atomic E-state index is 0.574. The van der Waals surface area contributed by atoms with Crippen LogP contribution in [0.25, 0.3) is 83.2 Å². The van der Waals surface area contributed by atoms with Gasteiger partial charge in [0.2, 0.25) is 5.95 Å². The third kappa shape index (κ3) is 3.34. The Kier molecular flexibility index (Phi) is 4.83. The number of furan rings is 1. The first-order valence-electron chi connectivity index (χ1n) is 14.0. The summed E-state index contributed by atoms with van der Waals surface area (Å²) in [6.07, 6.45) is 0. The summed E-state index contributed by atoms with van der Waals surface area (Å²) < 4.78 is 8.38. The first-order valence-corrected chi connectivity index (χ1v) is 14.0. The minimum Gasteiger partial charge on any atom is -0.456 e. The summed E-state index contributed by atoms with van der Waals surface area (Å²) in [7, 11) is 0. The number of fused-ring (bicyclic) bond motifs is 8. The van der Waals surface area contributed by atoms with Crippen LogP contribution in [0.15, 0.2) is 138 Å². The highest BCUT2D eigenvalue weighted by atomic mass is 16.3. The summed E-state index contributed by atoms with van der Waals surface area (Å²) in [5, 5.41) is 6.79. The van der Waals surface area contributed by atoms with E-state index in [1.54, 1.807) is 0 Å². The van der Waals surface area contributed by atoms with E-state index >= 15 is 0 Å². The van der Waals surface area contributed by atoms with Crippen molar-refractivity contribution in [2.24, 2.45) is 0 Å². The van der Waals surface area contributed by atoms with Crippen LogP contribution in [0, 0.1) is 0 Å². The number of para-hydroxylation sites is 2. The monoisotopic (exact) mass is 538 g/mol. The van der Waals surface area contributed by atoms with E-state index in [-0.39, 0.29) is 0 Å². The van der Waals surface area contributed by atoms with E-state index < -0.39 is 0 Å². The lowest BCUT2D eigenvalue weighted by molar-refractivity contribution is 0.669. The van der Waals surface area contributed by atoms with Crippen LogP contribution >= 0.6 is 0 Å². The third-order valence-corrected chi connectivity index (χ3v) is 8.06. The van der Waals surface area contributed by atoms with Gasteiger partial charge in [-0.15, -0.1) is 0 Å². The van der Waals surface area contributed by atoms with Crippen LogP contribution in [0.2, 0.25) is 0 Å². The Morgan fingerprint density at radius 2 is 1.17 bits per heavy atom. The Labute approximate surface area is 240 Å². The van der Waals surface area contributed by atoms with Crippen LogP contribution in [-0.2, 0) is 0 Å². The van der Waals surface area contributed by atoms with E-state index in [0.717, 1.165) is 49.5 Å². The molecule has 0 radical (unpaired) electrons. The molecule has 0 unspecified atom stereocenters. The second kappa shape index (κ2) is 8.85. The quantitative estimate of drug-likeness (QED) is 0.225. The van der Waals surface area contributed by atoms with E-state index in [2.05, 4.69) is 77.4 Å². The zero-order valence-electron chi connectivity index (χ0n) is 22.4. The van der Waals surface area contributed by atoms with Crippen molar-refractivity contribution in [3.05, 3.63) is 133 Å². The van der Waals surface area contributed by atoms with Gasteiger partial charge in [0.15, 0.2) is 11.6 Å². The molecule has 9 rings (SSSR count). The Morgan fingerprint density at radius 1 is 0.452 bits per heavy atom. The number of nitrogens with zero attached hydrogens (tertiary/aromatic N) is 4. The molecule has 3 heterocycles. The molecule has 0 atom stereocenters. The number of aromatic nitrogens is 4. The highest BCUT2D eigenvalue weighted by Crippen LogP contribution is 2.38. The van der Waals surface area contributed by atoms with Crippen molar-refractivity contribution in [3.63, 3.8) is 0 Å². The molecule has 0 aliphatic heterocycles. The van der Waals surface area contributed by atoms with Crippen molar-refractivity contribution in [1.29, 1.82) is 0 Å². The topological polar surface area (TPSA) is 56.7 Å². The van der Waals surface area contributed by atoms with Gasteiger partial charge in [-0.05, 0) is 35.0 Å². The van der Waals surface area contributed by atoms with Crippen LogP contribution in [0.5, 0.6) is 0 Å². The number of rotatable bonds is 3. The SMILES string of the molecule is c1ccc(-c2nc(-c3cccc4oc5ccccc5c34)nc(-n3c4ccccc4c4c5ccccc5ccc43)n2)cc1. The van der Waals surface area contributed by atoms with Gasteiger partial charge in [0.05, 0.1) is 11.0 Å². The lowest BCUT2D eigenvalue weighted by Crippen LogP contribution is -2.06. The van der Waals surface area contributed by atoms with Crippen LogP contribution in [0.1, 0.15) is 0 Å². The maximum absolute atomic E-state index is 6.21. The summed E-state index contributed by atoms with van der Waals surface area (Å²) in [6, 6.07) is 45.6. The molecule has 0 saturated heterocycles. The van der Waals surface area contributed by atoms with Gasteiger partial charge < -0.3 is 4.42 Å². The Morgan fingerprint density at radius 3 is 2.07 bits per heavy atom. The Bertz CT molecular complexity index is 2470. The van der Waals surface area contributed by atoms with E-state index in [0.29, 0.717) is 17.6 Å². The lowest BCUT2D eigenvalue weighted by atomic mass is 10.0. The van der Waals surface area contributed by atoms with Gasteiger partial charge in [-0.3, -0.25) is 4.57 Å². The average molecular weight is 539 g/mol. The highest BCUT2D eigenvalue weighted by Gasteiger charge is 2.20. The molecule has 9 aromatic rings. The zero-order valence-corrected chi connectivity index (χ0v) is 22.4. The Balaban J connectivity index is 1.40. The van der Waals surface area contributed by atoms with E-state index in [1.807, 2.05) is 60.7 Å².